The molecule has 0 spiro atoms. The molecule has 192 valence electrons. The van der Waals surface area contributed by atoms with Gasteiger partial charge in [0.2, 0.25) is 0 Å². The number of aryl methyl sites for hydroxylation is 2. The molecule has 1 saturated heterocycles. The number of methoxy groups -OCH3 is 1. The van der Waals surface area contributed by atoms with Gasteiger partial charge in [0.15, 0.2) is 0 Å². The molecule has 0 saturated carbocycles. The van der Waals surface area contributed by atoms with Gasteiger partial charge in [0, 0.05) is 32.2 Å². The van der Waals surface area contributed by atoms with Crippen LogP contribution in [-0.4, -0.2) is 57.2 Å². The van der Waals surface area contributed by atoms with Crippen molar-refractivity contribution in [3.05, 3.63) is 40.7 Å². The van der Waals surface area contributed by atoms with Gasteiger partial charge in [-0.2, -0.15) is 13.5 Å². The van der Waals surface area contributed by atoms with Crippen LogP contribution in [-0.2, 0) is 51.9 Å². The first-order chi connectivity index (χ1) is 17.0. The van der Waals surface area contributed by atoms with Crippen LogP contribution in [0.2, 0.25) is 0 Å². The van der Waals surface area contributed by atoms with Crippen molar-refractivity contribution in [2.45, 2.75) is 64.0 Å². The van der Waals surface area contributed by atoms with Crippen LogP contribution in [0.5, 0.6) is 0 Å². The molecule has 2 N–H and O–H groups in total. The first-order valence-corrected chi connectivity index (χ1v) is 13.8. The summed E-state index contributed by atoms with van der Waals surface area (Å²) in [7, 11) is -2.60. The Morgan fingerprint density at radius 3 is 2.50 bits per heavy atom. The fourth-order valence-corrected chi connectivity index (χ4v) is 6.87. The van der Waals surface area contributed by atoms with Crippen LogP contribution in [0.25, 0.3) is 0 Å². The molecule has 2 heterocycles. The fraction of sp³-hybridized carbons (Fsp3) is 0.583. The van der Waals surface area contributed by atoms with Crippen LogP contribution in [0.4, 0.5) is 16.2 Å². The molecule has 12 heteroatoms. The Morgan fingerprint density at radius 1 is 1.19 bits per heavy atom. The normalized spacial score (nSPS) is 17.2. The second-order valence-electron chi connectivity index (χ2n) is 9.39. The first kappa shape index (κ1) is 27.4. The van der Waals surface area contributed by atoms with E-state index in [1.165, 1.54) is 21.6 Å². The van der Waals surface area contributed by atoms with Crippen molar-refractivity contribution in [3.8, 4) is 0 Å². The third-order valence-electron chi connectivity index (χ3n) is 7.11. The van der Waals surface area contributed by atoms with E-state index in [1.807, 2.05) is 0 Å². The van der Waals surface area contributed by atoms with Crippen LogP contribution in [0.1, 0.15) is 49.4 Å². The third-order valence-corrected chi connectivity index (χ3v) is 8.58. The summed E-state index contributed by atoms with van der Waals surface area (Å²) in [6, 6.07) is 1.21. The topological polar surface area (TPSA) is 115 Å². The molecule has 2 aromatic rings. The van der Waals surface area contributed by atoms with Crippen molar-refractivity contribution >= 4 is 27.6 Å². The number of aromatic nitrogens is 2. The Labute approximate surface area is 236 Å². The summed E-state index contributed by atoms with van der Waals surface area (Å²) in [4.78, 5) is 13.1. The molecule has 1 fully saturated rings. The summed E-state index contributed by atoms with van der Waals surface area (Å²) in [6.45, 7) is 1.87. The van der Waals surface area contributed by atoms with E-state index in [9.17, 15) is 13.2 Å². The van der Waals surface area contributed by atoms with E-state index in [4.69, 9.17) is 9.47 Å². The summed E-state index contributed by atoms with van der Waals surface area (Å²) < 4.78 is 42.9. The molecule has 0 atom stereocenters. The molecule has 3 aliphatic rings. The van der Waals surface area contributed by atoms with Crippen LogP contribution in [0.15, 0.2) is 18.5 Å². The van der Waals surface area contributed by atoms with Gasteiger partial charge in [-0.1, -0.05) is 6.07 Å². The van der Waals surface area contributed by atoms with Gasteiger partial charge >= 0.3 is 45.8 Å². The van der Waals surface area contributed by atoms with Crippen LogP contribution >= 0.6 is 0 Å². The number of benzene rings is 1. The maximum absolute atomic E-state index is 13.6. The van der Waals surface area contributed by atoms with E-state index in [1.54, 1.807) is 18.0 Å². The maximum Gasteiger partial charge on any atom is 1.00 e. The zero-order valence-electron chi connectivity index (χ0n) is 22.1. The third kappa shape index (κ3) is 5.76. The van der Waals surface area contributed by atoms with Gasteiger partial charge in [-0.15, -0.1) is 0 Å². The Morgan fingerprint density at radius 2 is 1.86 bits per heavy atom. The first-order valence-electron chi connectivity index (χ1n) is 12.3. The zero-order valence-corrected chi connectivity index (χ0v) is 23.9. The molecule has 1 aromatic heterocycles. The molecule has 1 aromatic carbocycles. The molecule has 0 unspecified atom stereocenters. The van der Waals surface area contributed by atoms with Crippen molar-refractivity contribution in [1.29, 1.82) is 0 Å². The summed E-state index contributed by atoms with van der Waals surface area (Å²) in [5, 5.41) is 7.20. The summed E-state index contributed by atoms with van der Waals surface area (Å²) in [6.07, 6.45) is 10.2. The number of rotatable bonds is 8. The van der Waals surface area contributed by atoms with E-state index in [2.05, 4.69) is 21.2 Å². The number of urea groups is 1. The Kier molecular flexibility index (Phi) is 9.00. The van der Waals surface area contributed by atoms with Crippen LogP contribution in [0.3, 0.4) is 0 Å². The number of carbonyl (C=O) groups excluding carboxylic acids is 1. The zero-order chi connectivity index (χ0) is 24.4. The molecule has 0 bridgehead atoms. The Hall–Kier alpha value is -1.63. The number of anilines is 2. The van der Waals surface area contributed by atoms with Crippen LogP contribution < -0.4 is 43.9 Å². The number of hydrogen-bond donors (Lipinski definition) is 2. The van der Waals surface area contributed by atoms with Crippen molar-refractivity contribution in [1.82, 2.24) is 14.5 Å². The molecule has 2 aliphatic carbocycles. The molecular formula is C24H34N5NaO5S. The van der Waals surface area contributed by atoms with E-state index in [0.29, 0.717) is 44.9 Å². The average Bonchev–Trinajstić information content (AvgIpc) is 3.59. The average molecular weight is 528 g/mol. The fourth-order valence-electron chi connectivity index (χ4n) is 5.51. The van der Waals surface area contributed by atoms with Gasteiger partial charge < -0.3 is 16.2 Å². The van der Waals surface area contributed by atoms with Crippen molar-refractivity contribution in [2.24, 2.45) is 0 Å². The molecule has 10 nitrogen and oxygen atoms in total. The smallest absolute Gasteiger partial charge is 1.00 e. The van der Waals surface area contributed by atoms with Crippen molar-refractivity contribution in [3.63, 3.8) is 0 Å². The number of fused-ring (bicyclic) bond motifs is 2. The molecule has 2 amide bonds. The van der Waals surface area contributed by atoms with E-state index in [-0.39, 0.29) is 37.0 Å². The Bertz CT molecular complexity index is 1170. The number of ether oxygens (including phenoxy) is 2. The standard InChI is InChI=1S/C24H33N5O5S.Na.H/c1-33-13-10-28-16-20(15-25-28)29(19-8-11-34-12-9-19)35(31,32)27-24(30)26-23-21-6-2-4-17(21)14-18-5-3-7-22(18)23;;/h14-16,19H,2-13H2,1H3,(H2,26,27,30);;/q;+1;-1. The number of amides is 2. The number of nitrogens with one attached hydrogen (secondary N) is 2. The number of nitrogens with zero attached hydrogens (tertiary/aromatic N) is 3. The summed E-state index contributed by atoms with van der Waals surface area (Å²) >= 11 is 0. The maximum atomic E-state index is 13.6. The van der Waals surface area contributed by atoms with Crippen molar-refractivity contribution < 1.29 is 53.7 Å². The van der Waals surface area contributed by atoms with Gasteiger partial charge in [0.05, 0.1) is 31.1 Å². The van der Waals surface area contributed by atoms with Gasteiger partial charge in [-0.3, -0.25) is 4.68 Å². The predicted molar refractivity (Wildman–Crippen MR) is 133 cm³/mol. The minimum Gasteiger partial charge on any atom is -1.00 e. The van der Waals surface area contributed by atoms with E-state index < -0.39 is 16.2 Å². The number of hydrogen-bond acceptors (Lipinski definition) is 6. The molecule has 5 rings (SSSR count). The molecule has 1 aliphatic heterocycles. The van der Waals surface area contributed by atoms with Crippen molar-refractivity contribution in [2.75, 3.05) is 36.6 Å². The van der Waals surface area contributed by atoms with Crippen LogP contribution in [0, 0.1) is 0 Å². The number of carbonyl (C=O) groups is 1. The molecule has 36 heavy (non-hydrogen) atoms. The second-order valence-corrected chi connectivity index (χ2v) is 10.9. The van der Waals surface area contributed by atoms with Gasteiger partial charge in [0.1, 0.15) is 0 Å². The van der Waals surface area contributed by atoms with Gasteiger partial charge in [-0.05, 0) is 73.6 Å². The predicted octanol–water partition coefficient (Wildman–Crippen LogP) is -0.325. The second kappa shape index (κ2) is 11.8. The van der Waals surface area contributed by atoms with E-state index >= 15 is 0 Å². The monoisotopic (exact) mass is 527 g/mol. The largest absolute Gasteiger partial charge is 1.00 e. The minimum absolute atomic E-state index is 0. The van der Waals surface area contributed by atoms with E-state index in [0.717, 1.165) is 55.3 Å². The quantitative estimate of drug-likeness (QED) is 0.455. The minimum atomic E-state index is -4.20. The molecule has 0 radical (unpaired) electrons. The summed E-state index contributed by atoms with van der Waals surface area (Å²) in [5.41, 5.74) is 6.07. The van der Waals surface area contributed by atoms with Gasteiger partial charge in [-0.25, -0.2) is 13.8 Å². The Balaban J connectivity index is 0.00000190. The SMILES string of the molecule is COCCn1cc(N(C2CCOCC2)S(=O)(=O)NC(=O)Nc2c3c(cc4c2CCC4)CCC3)cn1.[H-].[Na+]. The van der Waals surface area contributed by atoms with Gasteiger partial charge in [0.25, 0.3) is 0 Å². The summed E-state index contributed by atoms with van der Waals surface area (Å²) in [5.74, 6) is 0. The molecular weight excluding hydrogens is 493 g/mol.